The van der Waals surface area contributed by atoms with Crippen molar-refractivity contribution >= 4 is 5.97 Å². The molecule has 0 aliphatic rings. The summed E-state index contributed by atoms with van der Waals surface area (Å²) in [4.78, 5) is 18.3. The van der Waals surface area contributed by atoms with Gasteiger partial charge in [0, 0.05) is 11.9 Å². The molecule has 0 aliphatic carbocycles. The number of aryl methyl sites for hydroxylation is 1. The summed E-state index contributed by atoms with van der Waals surface area (Å²) in [5, 5.41) is 9.17. The molecule has 0 bridgehead atoms. The molecule has 0 saturated heterocycles. The second-order valence-electron chi connectivity index (χ2n) is 4.50. The van der Waals surface area contributed by atoms with Gasteiger partial charge in [-0.2, -0.15) is 0 Å². The Morgan fingerprint density at radius 3 is 2.53 bits per heavy atom. The zero-order valence-electron chi connectivity index (χ0n) is 9.61. The van der Waals surface area contributed by atoms with E-state index in [2.05, 4.69) is 9.97 Å². The van der Waals surface area contributed by atoms with E-state index < -0.39 is 12.0 Å². The predicted molar refractivity (Wildman–Crippen MR) is 56.4 cm³/mol. The lowest BCUT2D eigenvalue weighted by atomic mass is 10.2. The van der Waals surface area contributed by atoms with Gasteiger partial charge in [0.15, 0.2) is 5.82 Å². The zero-order valence-corrected chi connectivity index (χ0v) is 9.61. The molecule has 0 saturated carbocycles. The topological polar surface area (TPSA) is 66.0 Å². The number of nitrogens with zero attached hydrogens (tertiary/aromatic N) is 2. The Morgan fingerprint density at radius 2 is 2.20 bits per heavy atom. The molecule has 5 heteroatoms. The van der Waals surface area contributed by atoms with Crippen LogP contribution in [0.2, 0.25) is 0 Å². The molecule has 84 valence electrons. The number of aliphatic carboxylic acids is 1. The summed E-state index contributed by atoms with van der Waals surface area (Å²) in [6.07, 6.45) is 2.53. The highest BCUT2D eigenvalue weighted by molar-refractivity contribution is 5.73. The van der Waals surface area contributed by atoms with Crippen LogP contribution in [0.4, 0.5) is 0 Å². The first-order valence-electron chi connectivity index (χ1n) is 4.94. The number of H-pyrrole nitrogens is 1. The first-order chi connectivity index (χ1) is 6.86. The summed E-state index contributed by atoms with van der Waals surface area (Å²) in [6, 6.07) is -0.648. The standard InChI is InChI=1S/C10H17N3O2/c1-5-7-6-11-9(12-7)8(10(14)15)13(2,3)4/h6,8H,5H2,1-4H3,(H-,11,12,14,15)/p+1. The Kier molecular flexibility index (Phi) is 3.14. The van der Waals surface area contributed by atoms with Crippen molar-refractivity contribution in [2.24, 2.45) is 0 Å². The molecule has 1 aromatic heterocycles. The Labute approximate surface area is 89.3 Å². The van der Waals surface area contributed by atoms with Gasteiger partial charge in [0.05, 0.1) is 21.1 Å². The first kappa shape index (κ1) is 11.7. The molecule has 15 heavy (non-hydrogen) atoms. The lowest BCUT2D eigenvalue weighted by molar-refractivity contribution is -0.893. The molecular formula is C10H18N3O2+. The average molecular weight is 212 g/mol. The van der Waals surface area contributed by atoms with Crippen LogP contribution in [-0.4, -0.2) is 46.7 Å². The lowest BCUT2D eigenvalue weighted by Gasteiger charge is -2.29. The number of nitrogens with one attached hydrogen (secondary N) is 1. The summed E-state index contributed by atoms with van der Waals surface area (Å²) in [7, 11) is 5.52. The molecule has 0 radical (unpaired) electrons. The smallest absolute Gasteiger partial charge is 0.370 e. The molecule has 1 atom stereocenters. The predicted octanol–water partition coefficient (Wildman–Crippen LogP) is 0.804. The minimum atomic E-state index is -0.862. The highest BCUT2D eigenvalue weighted by Crippen LogP contribution is 2.20. The number of carboxylic acid groups (broad SMARTS) is 1. The molecule has 5 nitrogen and oxygen atoms in total. The van der Waals surface area contributed by atoms with Gasteiger partial charge in [-0.05, 0) is 6.42 Å². The molecule has 0 aromatic carbocycles. The van der Waals surface area contributed by atoms with E-state index in [0.29, 0.717) is 10.3 Å². The van der Waals surface area contributed by atoms with E-state index in [1.54, 1.807) is 6.20 Å². The van der Waals surface area contributed by atoms with Crippen LogP contribution < -0.4 is 0 Å². The highest BCUT2D eigenvalue weighted by Gasteiger charge is 2.35. The zero-order chi connectivity index (χ0) is 11.6. The third-order valence-corrected chi connectivity index (χ3v) is 2.30. The van der Waals surface area contributed by atoms with Crippen LogP contribution in [0.3, 0.4) is 0 Å². The molecule has 1 rings (SSSR count). The minimum absolute atomic E-state index is 0.312. The van der Waals surface area contributed by atoms with Crippen LogP contribution >= 0.6 is 0 Å². The third-order valence-electron chi connectivity index (χ3n) is 2.30. The number of aromatic amines is 1. The maximum atomic E-state index is 11.2. The average Bonchev–Trinajstić information content (AvgIpc) is 2.49. The molecule has 1 unspecified atom stereocenters. The number of likely N-dealkylation sites (N-methyl/N-ethyl adjacent to an activating group) is 1. The Balaban J connectivity index is 3.05. The fraction of sp³-hybridized carbons (Fsp3) is 0.600. The normalized spacial score (nSPS) is 13.9. The fourth-order valence-corrected chi connectivity index (χ4v) is 1.51. The van der Waals surface area contributed by atoms with Crippen molar-refractivity contribution in [3.8, 4) is 0 Å². The van der Waals surface area contributed by atoms with Crippen LogP contribution in [0.1, 0.15) is 24.5 Å². The first-order valence-corrected chi connectivity index (χ1v) is 4.94. The number of carbonyl (C=O) groups is 1. The van der Waals surface area contributed by atoms with Crippen molar-refractivity contribution < 1.29 is 14.4 Å². The number of carboxylic acids is 1. The number of rotatable bonds is 4. The molecule has 0 aliphatic heterocycles. The molecule has 1 heterocycles. The molecule has 0 fully saturated rings. The van der Waals surface area contributed by atoms with E-state index in [4.69, 9.17) is 5.11 Å². The monoisotopic (exact) mass is 212 g/mol. The summed E-state index contributed by atoms with van der Waals surface area (Å²) in [5.74, 6) is -0.341. The highest BCUT2D eigenvalue weighted by atomic mass is 16.4. The van der Waals surface area contributed by atoms with Crippen molar-refractivity contribution in [3.63, 3.8) is 0 Å². The SMILES string of the molecule is CCc1cnc(C(C(=O)O)[N+](C)(C)C)[nH]1. The van der Waals surface area contributed by atoms with Crippen LogP contribution in [0.25, 0.3) is 0 Å². The fourth-order valence-electron chi connectivity index (χ4n) is 1.51. The van der Waals surface area contributed by atoms with Crippen molar-refractivity contribution in [1.29, 1.82) is 0 Å². The summed E-state index contributed by atoms with van der Waals surface area (Å²) < 4.78 is 0.312. The number of hydrogen-bond acceptors (Lipinski definition) is 2. The Hall–Kier alpha value is -1.36. The van der Waals surface area contributed by atoms with Gasteiger partial charge in [0.2, 0.25) is 6.04 Å². The Bertz CT molecular complexity index is 352. The van der Waals surface area contributed by atoms with Crippen molar-refractivity contribution in [2.45, 2.75) is 19.4 Å². The molecule has 0 spiro atoms. The second-order valence-corrected chi connectivity index (χ2v) is 4.50. The van der Waals surface area contributed by atoms with Gasteiger partial charge in [-0.25, -0.2) is 9.78 Å². The molecular weight excluding hydrogens is 194 g/mol. The molecule has 1 aromatic rings. The number of aromatic nitrogens is 2. The lowest BCUT2D eigenvalue weighted by Crippen LogP contribution is -2.43. The number of hydrogen-bond donors (Lipinski definition) is 2. The number of quaternary nitrogens is 1. The van der Waals surface area contributed by atoms with Gasteiger partial charge in [0.25, 0.3) is 0 Å². The van der Waals surface area contributed by atoms with E-state index in [-0.39, 0.29) is 0 Å². The van der Waals surface area contributed by atoms with E-state index in [1.807, 2.05) is 28.1 Å². The summed E-state index contributed by atoms with van der Waals surface area (Å²) in [6.45, 7) is 2.00. The van der Waals surface area contributed by atoms with Gasteiger partial charge in [-0.3, -0.25) is 0 Å². The van der Waals surface area contributed by atoms with Crippen LogP contribution in [0.15, 0.2) is 6.20 Å². The van der Waals surface area contributed by atoms with Gasteiger partial charge < -0.3 is 14.6 Å². The van der Waals surface area contributed by atoms with Crippen LogP contribution in [0, 0.1) is 0 Å². The van der Waals surface area contributed by atoms with Gasteiger partial charge in [0.1, 0.15) is 0 Å². The minimum Gasteiger partial charge on any atom is -0.476 e. The third kappa shape index (κ3) is 2.56. The Morgan fingerprint density at radius 1 is 1.60 bits per heavy atom. The van der Waals surface area contributed by atoms with E-state index >= 15 is 0 Å². The van der Waals surface area contributed by atoms with Gasteiger partial charge in [-0.15, -0.1) is 0 Å². The van der Waals surface area contributed by atoms with E-state index in [9.17, 15) is 4.79 Å². The number of imidazole rings is 1. The van der Waals surface area contributed by atoms with Crippen molar-refractivity contribution in [2.75, 3.05) is 21.1 Å². The van der Waals surface area contributed by atoms with Crippen molar-refractivity contribution in [1.82, 2.24) is 9.97 Å². The molecule has 2 N–H and O–H groups in total. The van der Waals surface area contributed by atoms with E-state index in [1.165, 1.54) is 0 Å². The van der Waals surface area contributed by atoms with Crippen molar-refractivity contribution in [3.05, 3.63) is 17.7 Å². The molecule has 0 amide bonds. The maximum absolute atomic E-state index is 11.2. The second kappa shape index (κ2) is 4.02. The summed E-state index contributed by atoms with van der Waals surface area (Å²) in [5.41, 5.74) is 0.963. The quantitative estimate of drug-likeness (QED) is 0.726. The largest absolute Gasteiger partial charge is 0.476 e. The van der Waals surface area contributed by atoms with Crippen LogP contribution in [-0.2, 0) is 11.2 Å². The summed E-state index contributed by atoms with van der Waals surface area (Å²) >= 11 is 0. The van der Waals surface area contributed by atoms with Gasteiger partial charge in [-0.1, -0.05) is 6.92 Å². The van der Waals surface area contributed by atoms with Crippen LogP contribution in [0.5, 0.6) is 0 Å². The van der Waals surface area contributed by atoms with E-state index in [0.717, 1.165) is 12.1 Å². The van der Waals surface area contributed by atoms with Gasteiger partial charge >= 0.3 is 5.97 Å². The maximum Gasteiger partial charge on any atom is 0.370 e.